The summed E-state index contributed by atoms with van der Waals surface area (Å²) in [5.41, 5.74) is 0. The van der Waals surface area contributed by atoms with Gasteiger partial charge in [-0.2, -0.15) is 0 Å². The molecule has 0 amide bonds. The maximum Gasteiger partial charge on any atom is 0.305 e. The Morgan fingerprint density at radius 1 is 0.842 bits per heavy atom. The number of quaternary nitrogens is 1. The molecule has 0 N–H and O–H groups in total. The number of unbranched alkanes of at least 4 members (excludes halogenated alkanes) is 11. The van der Waals surface area contributed by atoms with Crippen molar-refractivity contribution in [2.24, 2.45) is 0 Å². The third-order valence-corrected chi connectivity index (χ3v) is 6.80. The molecular formula is C28H54NO8P. The molecule has 38 heavy (non-hydrogen) atoms. The number of rotatable bonds is 25. The fourth-order valence-corrected chi connectivity index (χ4v) is 4.32. The second-order valence-electron chi connectivity index (χ2n) is 10.8. The first-order chi connectivity index (χ1) is 17.9. The number of ether oxygens (including phenoxy) is 2. The molecule has 0 aliphatic heterocycles. The van der Waals surface area contributed by atoms with E-state index in [0.717, 1.165) is 38.5 Å². The number of allylic oxidation sites excluding steroid dienone is 2. The third-order valence-electron chi connectivity index (χ3n) is 5.84. The van der Waals surface area contributed by atoms with Crippen molar-refractivity contribution in [2.75, 3.05) is 47.5 Å². The van der Waals surface area contributed by atoms with Gasteiger partial charge in [-0.25, -0.2) is 0 Å². The molecule has 0 bridgehead atoms. The molecule has 0 radical (unpaired) electrons. The van der Waals surface area contributed by atoms with Crippen LogP contribution in [0.5, 0.6) is 0 Å². The lowest BCUT2D eigenvalue weighted by Gasteiger charge is -2.28. The first-order valence-corrected chi connectivity index (χ1v) is 15.8. The predicted molar refractivity (Wildman–Crippen MR) is 148 cm³/mol. The molecule has 0 spiro atoms. The van der Waals surface area contributed by atoms with E-state index in [9.17, 15) is 19.0 Å². The van der Waals surface area contributed by atoms with Gasteiger partial charge >= 0.3 is 11.9 Å². The van der Waals surface area contributed by atoms with E-state index in [1.54, 1.807) is 0 Å². The average molecular weight is 564 g/mol. The van der Waals surface area contributed by atoms with Crippen LogP contribution in [-0.2, 0) is 32.7 Å². The van der Waals surface area contributed by atoms with Gasteiger partial charge in [0.05, 0.1) is 27.7 Å². The molecule has 0 saturated heterocycles. The van der Waals surface area contributed by atoms with Gasteiger partial charge in [0.25, 0.3) is 7.82 Å². The van der Waals surface area contributed by atoms with E-state index >= 15 is 0 Å². The van der Waals surface area contributed by atoms with Gasteiger partial charge < -0.3 is 27.9 Å². The highest BCUT2D eigenvalue weighted by atomic mass is 31.2. The molecule has 0 rings (SSSR count). The Morgan fingerprint density at radius 2 is 1.39 bits per heavy atom. The summed E-state index contributed by atoms with van der Waals surface area (Å²) in [6.07, 6.45) is 19.1. The zero-order valence-corrected chi connectivity index (χ0v) is 25.5. The number of phosphoric ester groups is 1. The highest BCUT2D eigenvalue weighted by Crippen LogP contribution is 2.38. The van der Waals surface area contributed by atoms with Crippen LogP contribution in [0.3, 0.4) is 0 Å². The summed E-state index contributed by atoms with van der Waals surface area (Å²) in [6, 6.07) is 0. The van der Waals surface area contributed by atoms with Crippen molar-refractivity contribution in [1.82, 2.24) is 0 Å². The summed E-state index contributed by atoms with van der Waals surface area (Å²) >= 11 is 0. The Hall–Kier alpha value is -1.25. The maximum atomic E-state index is 12.0. The Bertz CT molecular complexity index is 693. The van der Waals surface area contributed by atoms with E-state index in [-0.39, 0.29) is 19.6 Å². The summed E-state index contributed by atoms with van der Waals surface area (Å²) in [5, 5.41) is 0. The SMILES string of the molecule is CCCCCCCC/C=C/CCCCCCCC(=O)OC[C@H](COP(=O)([O-])OCC[N+](C)(C)C)OC(C)=O. The van der Waals surface area contributed by atoms with E-state index < -0.39 is 32.5 Å². The first-order valence-electron chi connectivity index (χ1n) is 14.3. The van der Waals surface area contributed by atoms with E-state index in [0.29, 0.717) is 11.0 Å². The van der Waals surface area contributed by atoms with Gasteiger partial charge in [0.15, 0.2) is 6.10 Å². The fourth-order valence-electron chi connectivity index (χ4n) is 3.59. The van der Waals surface area contributed by atoms with Crippen LogP contribution < -0.4 is 4.89 Å². The molecule has 0 aromatic carbocycles. The molecule has 0 fully saturated rings. The number of hydrogen-bond donors (Lipinski definition) is 0. The average Bonchev–Trinajstić information content (AvgIpc) is 2.82. The van der Waals surface area contributed by atoms with Crippen LogP contribution in [0, 0.1) is 0 Å². The van der Waals surface area contributed by atoms with Gasteiger partial charge in [0.1, 0.15) is 19.8 Å². The van der Waals surface area contributed by atoms with Crippen LogP contribution in [0.2, 0.25) is 0 Å². The molecule has 1 unspecified atom stereocenters. The number of carbonyl (C=O) groups is 2. The Morgan fingerprint density at radius 3 is 1.95 bits per heavy atom. The monoisotopic (exact) mass is 563 g/mol. The second-order valence-corrected chi connectivity index (χ2v) is 12.2. The number of hydrogen-bond acceptors (Lipinski definition) is 8. The van der Waals surface area contributed by atoms with E-state index in [1.807, 2.05) is 21.1 Å². The van der Waals surface area contributed by atoms with Crippen molar-refractivity contribution in [1.29, 1.82) is 0 Å². The standard InChI is InChI=1S/C28H54NO8P/c1-6-7-8-9-10-11-12-13-14-15-16-17-18-19-20-21-28(31)34-24-27(37-26(2)30)25-36-38(32,33)35-23-22-29(3,4)5/h13-14,27H,6-12,15-25H2,1-5H3/b14-13+/t27-/m1/s1. The predicted octanol–water partition coefficient (Wildman–Crippen LogP) is 5.71. The third kappa shape index (κ3) is 26.4. The van der Waals surface area contributed by atoms with E-state index in [2.05, 4.69) is 19.1 Å². The zero-order chi connectivity index (χ0) is 28.7. The van der Waals surface area contributed by atoms with Crippen LogP contribution in [0.15, 0.2) is 12.2 Å². The van der Waals surface area contributed by atoms with Crippen LogP contribution in [0.25, 0.3) is 0 Å². The highest BCUT2D eigenvalue weighted by molar-refractivity contribution is 7.45. The van der Waals surface area contributed by atoms with Gasteiger partial charge in [-0.05, 0) is 32.1 Å². The fraction of sp³-hybridized carbons (Fsp3) is 0.857. The van der Waals surface area contributed by atoms with Crippen molar-refractivity contribution < 1.29 is 42.1 Å². The lowest BCUT2D eigenvalue weighted by Crippen LogP contribution is -2.37. The Kier molecular flexibility index (Phi) is 21.8. The molecule has 0 aliphatic carbocycles. The number of nitrogens with zero attached hydrogens (tertiary/aromatic N) is 1. The minimum atomic E-state index is -4.57. The minimum absolute atomic E-state index is 0.0343. The molecule has 2 atom stereocenters. The summed E-state index contributed by atoms with van der Waals surface area (Å²) in [4.78, 5) is 35.3. The smallest absolute Gasteiger partial charge is 0.305 e. The highest BCUT2D eigenvalue weighted by Gasteiger charge is 2.20. The molecule has 10 heteroatoms. The molecule has 9 nitrogen and oxygen atoms in total. The summed E-state index contributed by atoms with van der Waals surface area (Å²) in [5.74, 6) is -1.04. The van der Waals surface area contributed by atoms with Gasteiger partial charge in [0.2, 0.25) is 0 Å². The van der Waals surface area contributed by atoms with Crippen molar-refractivity contribution in [3.05, 3.63) is 12.2 Å². The number of phosphoric acid groups is 1. The van der Waals surface area contributed by atoms with E-state index in [1.165, 1.54) is 51.9 Å². The number of likely N-dealkylation sites (N-methyl/N-ethyl adjacent to an activating group) is 1. The maximum absolute atomic E-state index is 12.0. The molecule has 224 valence electrons. The lowest BCUT2D eigenvalue weighted by molar-refractivity contribution is -0.870. The van der Waals surface area contributed by atoms with Gasteiger partial charge in [-0.3, -0.25) is 14.2 Å². The van der Waals surface area contributed by atoms with Crippen LogP contribution in [0.1, 0.15) is 104 Å². The van der Waals surface area contributed by atoms with Crippen molar-refractivity contribution in [2.45, 2.75) is 110 Å². The number of esters is 2. The molecule has 0 aliphatic rings. The largest absolute Gasteiger partial charge is 0.756 e. The van der Waals surface area contributed by atoms with Crippen LogP contribution in [0.4, 0.5) is 0 Å². The van der Waals surface area contributed by atoms with Crippen LogP contribution >= 0.6 is 7.82 Å². The van der Waals surface area contributed by atoms with Gasteiger partial charge in [-0.1, -0.05) is 70.4 Å². The Balaban J connectivity index is 3.94. The van der Waals surface area contributed by atoms with Crippen molar-refractivity contribution in [3.63, 3.8) is 0 Å². The second kappa shape index (κ2) is 22.6. The molecular weight excluding hydrogens is 509 g/mol. The zero-order valence-electron chi connectivity index (χ0n) is 24.6. The van der Waals surface area contributed by atoms with Crippen molar-refractivity contribution in [3.8, 4) is 0 Å². The molecule has 0 aromatic rings. The topological polar surface area (TPSA) is 111 Å². The quantitative estimate of drug-likeness (QED) is 0.0457. The summed E-state index contributed by atoms with van der Waals surface area (Å²) in [7, 11) is 1.15. The summed E-state index contributed by atoms with van der Waals surface area (Å²) < 4.78 is 32.3. The normalized spacial score (nSPS) is 14.4. The van der Waals surface area contributed by atoms with Crippen molar-refractivity contribution >= 4 is 19.8 Å². The molecule has 0 saturated carbocycles. The van der Waals surface area contributed by atoms with Gasteiger partial charge in [-0.15, -0.1) is 0 Å². The molecule has 0 aromatic heterocycles. The minimum Gasteiger partial charge on any atom is -0.756 e. The van der Waals surface area contributed by atoms with E-state index in [4.69, 9.17) is 18.5 Å². The lowest BCUT2D eigenvalue weighted by atomic mass is 10.1. The van der Waals surface area contributed by atoms with Crippen LogP contribution in [-0.4, -0.2) is 70.0 Å². The van der Waals surface area contributed by atoms with Gasteiger partial charge in [0, 0.05) is 13.3 Å². The summed E-state index contributed by atoms with van der Waals surface area (Å²) in [6.45, 7) is 3.11. The first kappa shape index (κ1) is 36.8. The Labute approximate surface area is 231 Å². The molecule has 0 heterocycles. The number of carbonyl (C=O) groups excluding carboxylic acids is 2.